The zero-order chi connectivity index (χ0) is 14.8. The van der Waals surface area contributed by atoms with Gasteiger partial charge in [-0.1, -0.05) is 27.7 Å². The van der Waals surface area contributed by atoms with E-state index >= 15 is 0 Å². The average molecular weight is 288 g/mol. The summed E-state index contributed by atoms with van der Waals surface area (Å²) in [6, 6.07) is 1.49. The second-order valence-corrected chi connectivity index (χ2v) is 7.69. The van der Waals surface area contributed by atoms with E-state index in [1.807, 2.05) is 6.92 Å². The summed E-state index contributed by atoms with van der Waals surface area (Å²) in [5.41, 5.74) is 5.50. The molecule has 1 heterocycles. The predicted octanol–water partition coefficient (Wildman–Crippen LogP) is 2.01. The van der Waals surface area contributed by atoms with Crippen LogP contribution in [0.15, 0.2) is 15.4 Å². The highest BCUT2D eigenvalue weighted by molar-refractivity contribution is 7.89. The van der Waals surface area contributed by atoms with Crippen LogP contribution in [0.5, 0.6) is 0 Å². The lowest BCUT2D eigenvalue weighted by atomic mass is 9.82. The van der Waals surface area contributed by atoms with Crippen molar-refractivity contribution in [2.75, 3.05) is 6.54 Å². The summed E-state index contributed by atoms with van der Waals surface area (Å²) in [5.74, 6) is 1.07. The second kappa shape index (κ2) is 5.64. The number of nitrogens with two attached hydrogens (primary N) is 1. The van der Waals surface area contributed by atoms with Crippen molar-refractivity contribution in [2.24, 2.45) is 17.1 Å². The van der Waals surface area contributed by atoms with E-state index in [9.17, 15) is 8.42 Å². The molecule has 3 N–H and O–H groups in total. The first-order valence-corrected chi connectivity index (χ1v) is 7.85. The monoisotopic (exact) mass is 288 g/mol. The highest BCUT2D eigenvalue weighted by atomic mass is 32.2. The van der Waals surface area contributed by atoms with E-state index in [0.29, 0.717) is 18.1 Å². The smallest absolute Gasteiger partial charge is 0.244 e. The quantitative estimate of drug-likeness (QED) is 0.868. The third-order valence-corrected chi connectivity index (χ3v) is 5.00. The first kappa shape index (κ1) is 16.2. The van der Waals surface area contributed by atoms with Gasteiger partial charge in [0.1, 0.15) is 16.4 Å². The maximum absolute atomic E-state index is 12.2. The third-order valence-electron chi connectivity index (χ3n) is 3.47. The molecule has 0 amide bonds. The summed E-state index contributed by atoms with van der Waals surface area (Å²) < 4.78 is 32.3. The molecule has 6 heteroatoms. The van der Waals surface area contributed by atoms with Crippen LogP contribution in [0, 0.1) is 18.3 Å². The van der Waals surface area contributed by atoms with Gasteiger partial charge in [-0.3, -0.25) is 0 Å². The minimum Gasteiger partial charge on any atom is -0.464 e. The summed E-state index contributed by atoms with van der Waals surface area (Å²) in [7, 11) is -3.53. The lowest BCUT2D eigenvalue weighted by Crippen LogP contribution is -2.33. The van der Waals surface area contributed by atoms with Crippen LogP contribution in [0.4, 0.5) is 0 Å². The first-order valence-electron chi connectivity index (χ1n) is 6.37. The molecule has 1 aromatic rings. The van der Waals surface area contributed by atoms with Gasteiger partial charge in [-0.25, -0.2) is 13.1 Å². The van der Waals surface area contributed by atoms with Crippen molar-refractivity contribution in [3.63, 3.8) is 0 Å². The maximum atomic E-state index is 12.2. The van der Waals surface area contributed by atoms with Gasteiger partial charge >= 0.3 is 0 Å². The van der Waals surface area contributed by atoms with Crippen LogP contribution < -0.4 is 10.5 Å². The normalized spacial score (nSPS) is 14.6. The highest BCUT2D eigenvalue weighted by Gasteiger charge is 2.25. The van der Waals surface area contributed by atoms with Gasteiger partial charge in [0.2, 0.25) is 10.0 Å². The van der Waals surface area contributed by atoms with Crippen molar-refractivity contribution in [1.29, 1.82) is 0 Å². The standard InChI is InChI=1S/C13H24N2O3S/c1-9(13(3,4)5)8-15-19(16,17)12-6-11(7-14)18-10(12)2/h6,9,15H,7-8,14H2,1-5H3. The van der Waals surface area contributed by atoms with Gasteiger partial charge < -0.3 is 10.2 Å². The van der Waals surface area contributed by atoms with Crippen LogP contribution in [0.3, 0.4) is 0 Å². The van der Waals surface area contributed by atoms with E-state index in [0.717, 1.165) is 0 Å². The van der Waals surface area contributed by atoms with Gasteiger partial charge in [-0.15, -0.1) is 0 Å². The molecule has 0 bridgehead atoms. The number of sulfonamides is 1. The van der Waals surface area contributed by atoms with Crippen molar-refractivity contribution in [2.45, 2.75) is 46.1 Å². The van der Waals surface area contributed by atoms with Crippen LogP contribution in [0.1, 0.15) is 39.2 Å². The van der Waals surface area contributed by atoms with Gasteiger partial charge in [0, 0.05) is 12.6 Å². The van der Waals surface area contributed by atoms with Crippen molar-refractivity contribution in [1.82, 2.24) is 4.72 Å². The Balaban J connectivity index is 2.84. The van der Waals surface area contributed by atoms with Gasteiger partial charge in [-0.05, 0) is 18.3 Å². The van der Waals surface area contributed by atoms with E-state index in [-0.39, 0.29) is 22.8 Å². The van der Waals surface area contributed by atoms with Crippen molar-refractivity contribution in [3.05, 3.63) is 17.6 Å². The molecule has 19 heavy (non-hydrogen) atoms. The number of aryl methyl sites for hydroxylation is 1. The fourth-order valence-electron chi connectivity index (χ4n) is 1.51. The van der Waals surface area contributed by atoms with Crippen molar-refractivity contribution >= 4 is 10.0 Å². The average Bonchev–Trinajstić information content (AvgIpc) is 2.67. The second-order valence-electron chi connectivity index (χ2n) is 5.96. The summed E-state index contributed by atoms with van der Waals surface area (Å²) in [6.07, 6.45) is 0. The Bertz CT molecular complexity index is 527. The first-order chi connectivity index (χ1) is 8.58. The fourth-order valence-corrected chi connectivity index (χ4v) is 2.84. The SMILES string of the molecule is Cc1oc(CN)cc1S(=O)(=O)NCC(C)C(C)(C)C. The molecule has 0 spiro atoms. The van der Waals surface area contributed by atoms with Crippen molar-refractivity contribution in [3.8, 4) is 0 Å². The molecule has 110 valence electrons. The maximum Gasteiger partial charge on any atom is 0.244 e. The number of nitrogens with one attached hydrogen (secondary N) is 1. The molecule has 0 aromatic carbocycles. The number of furan rings is 1. The summed E-state index contributed by atoms with van der Waals surface area (Å²) in [4.78, 5) is 0.175. The van der Waals surface area contributed by atoms with Gasteiger partial charge in [0.15, 0.2) is 0 Å². The highest BCUT2D eigenvalue weighted by Crippen LogP contribution is 2.25. The van der Waals surface area contributed by atoms with Crippen molar-refractivity contribution < 1.29 is 12.8 Å². The molecule has 0 saturated heterocycles. The molecule has 1 unspecified atom stereocenters. The molecule has 0 radical (unpaired) electrons. The molecule has 1 atom stereocenters. The molecule has 0 aliphatic carbocycles. The van der Waals surface area contributed by atoms with E-state index < -0.39 is 10.0 Å². The van der Waals surface area contributed by atoms with Crippen LogP contribution in [-0.2, 0) is 16.6 Å². The van der Waals surface area contributed by atoms with E-state index in [4.69, 9.17) is 10.2 Å². The lowest BCUT2D eigenvalue weighted by molar-refractivity contribution is 0.263. The minimum atomic E-state index is -3.53. The summed E-state index contributed by atoms with van der Waals surface area (Å²) in [6.45, 7) is 10.5. The van der Waals surface area contributed by atoms with Crippen LogP contribution in [0.25, 0.3) is 0 Å². The van der Waals surface area contributed by atoms with Gasteiger partial charge in [-0.2, -0.15) is 0 Å². The molecule has 0 fully saturated rings. The number of hydrogen-bond donors (Lipinski definition) is 2. The lowest BCUT2D eigenvalue weighted by Gasteiger charge is -2.27. The summed E-state index contributed by atoms with van der Waals surface area (Å²) >= 11 is 0. The number of hydrogen-bond acceptors (Lipinski definition) is 4. The molecule has 1 aromatic heterocycles. The minimum absolute atomic E-state index is 0.0520. The Morgan fingerprint density at radius 3 is 2.42 bits per heavy atom. The van der Waals surface area contributed by atoms with E-state index in [1.54, 1.807) is 6.92 Å². The summed E-state index contributed by atoms with van der Waals surface area (Å²) in [5, 5.41) is 0. The molecule has 0 aliphatic rings. The third kappa shape index (κ3) is 4.06. The Morgan fingerprint density at radius 1 is 1.42 bits per heavy atom. The Labute approximate surface area is 115 Å². The van der Waals surface area contributed by atoms with Crippen LogP contribution in [-0.4, -0.2) is 15.0 Å². The molecule has 5 nitrogen and oxygen atoms in total. The molecule has 0 aliphatic heterocycles. The largest absolute Gasteiger partial charge is 0.464 e. The Kier molecular flexibility index (Phi) is 4.81. The molecule has 0 saturated carbocycles. The van der Waals surface area contributed by atoms with Crippen LogP contribution in [0.2, 0.25) is 0 Å². The van der Waals surface area contributed by atoms with Gasteiger partial charge in [0.05, 0.1) is 6.54 Å². The van der Waals surface area contributed by atoms with E-state index in [1.165, 1.54) is 6.07 Å². The van der Waals surface area contributed by atoms with Crippen LogP contribution >= 0.6 is 0 Å². The molecular formula is C13H24N2O3S. The Hall–Kier alpha value is -0.850. The zero-order valence-electron chi connectivity index (χ0n) is 12.3. The molecular weight excluding hydrogens is 264 g/mol. The van der Waals surface area contributed by atoms with Gasteiger partial charge in [0.25, 0.3) is 0 Å². The topological polar surface area (TPSA) is 85.3 Å². The molecule has 1 rings (SSSR count). The predicted molar refractivity (Wildman–Crippen MR) is 75.1 cm³/mol. The Morgan fingerprint density at radius 2 is 2.00 bits per heavy atom. The zero-order valence-corrected chi connectivity index (χ0v) is 13.1. The van der Waals surface area contributed by atoms with E-state index in [2.05, 4.69) is 25.5 Å². The number of rotatable bonds is 5. The fraction of sp³-hybridized carbons (Fsp3) is 0.692.